The predicted octanol–water partition coefficient (Wildman–Crippen LogP) is 0.133. The van der Waals surface area contributed by atoms with Gasteiger partial charge in [-0.25, -0.2) is 0 Å². The van der Waals surface area contributed by atoms with Gasteiger partial charge in [-0.15, -0.1) is 0 Å². The molecule has 0 amide bonds. The van der Waals surface area contributed by atoms with Crippen molar-refractivity contribution in [3.63, 3.8) is 0 Å². The van der Waals surface area contributed by atoms with Gasteiger partial charge in [-0.3, -0.25) is 9.88 Å². The van der Waals surface area contributed by atoms with Crippen molar-refractivity contribution in [3.05, 3.63) is 42.1 Å². The summed E-state index contributed by atoms with van der Waals surface area (Å²) in [6.45, 7) is 0.736. The van der Waals surface area contributed by atoms with Crippen molar-refractivity contribution < 1.29 is 15.3 Å². The van der Waals surface area contributed by atoms with Crippen LogP contribution in [0.3, 0.4) is 0 Å². The number of nitrogens with zero attached hydrogens (tertiary/aromatic N) is 2. The zero-order chi connectivity index (χ0) is 14.1. The van der Waals surface area contributed by atoms with Crippen LogP contribution in [0.25, 0.3) is 10.9 Å². The second-order valence-electron chi connectivity index (χ2n) is 5.23. The molecule has 1 aliphatic heterocycles. The van der Waals surface area contributed by atoms with Crippen LogP contribution in [0.4, 0.5) is 0 Å². The Morgan fingerprint density at radius 3 is 2.80 bits per heavy atom. The molecule has 1 aromatic carbocycles. The van der Waals surface area contributed by atoms with Gasteiger partial charge in [-0.05, 0) is 11.6 Å². The van der Waals surface area contributed by atoms with Crippen molar-refractivity contribution in [2.24, 2.45) is 0 Å². The fraction of sp³-hybridized carbons (Fsp3) is 0.400. The van der Waals surface area contributed by atoms with Crippen LogP contribution in [-0.4, -0.2) is 56.6 Å². The third kappa shape index (κ3) is 2.29. The van der Waals surface area contributed by atoms with E-state index in [0.717, 1.165) is 16.5 Å². The van der Waals surface area contributed by atoms with Gasteiger partial charge in [0.25, 0.3) is 0 Å². The molecule has 5 nitrogen and oxygen atoms in total. The highest BCUT2D eigenvalue weighted by molar-refractivity contribution is 5.81. The topological polar surface area (TPSA) is 76.8 Å². The highest BCUT2D eigenvalue weighted by atomic mass is 16.3. The molecule has 1 saturated heterocycles. The summed E-state index contributed by atoms with van der Waals surface area (Å²) in [6.07, 6.45) is 0.0428. The molecule has 1 fully saturated rings. The number of pyridine rings is 1. The second-order valence-corrected chi connectivity index (χ2v) is 5.23. The highest BCUT2D eigenvalue weighted by Crippen LogP contribution is 2.24. The van der Waals surface area contributed by atoms with Gasteiger partial charge in [-0.1, -0.05) is 24.3 Å². The smallest absolute Gasteiger partial charge is 0.0988 e. The van der Waals surface area contributed by atoms with Gasteiger partial charge in [0.05, 0.1) is 30.4 Å². The summed E-state index contributed by atoms with van der Waals surface area (Å²) in [4.78, 5) is 6.30. The summed E-state index contributed by atoms with van der Waals surface area (Å²) in [5.41, 5.74) is 1.95. The van der Waals surface area contributed by atoms with E-state index < -0.39 is 18.2 Å². The van der Waals surface area contributed by atoms with Crippen molar-refractivity contribution in [3.8, 4) is 0 Å². The molecule has 3 atom stereocenters. The predicted molar refractivity (Wildman–Crippen MR) is 75.0 cm³/mol. The number of benzene rings is 1. The largest absolute Gasteiger partial charge is 0.395 e. The molecule has 3 N–H and O–H groups in total. The number of aliphatic hydroxyl groups excluding tert-OH is 3. The summed E-state index contributed by atoms with van der Waals surface area (Å²) < 4.78 is 0. The zero-order valence-corrected chi connectivity index (χ0v) is 11.1. The molecule has 0 unspecified atom stereocenters. The third-order valence-electron chi connectivity index (χ3n) is 3.96. The number of aromatic nitrogens is 1. The van der Waals surface area contributed by atoms with Crippen LogP contribution >= 0.6 is 0 Å². The molecule has 3 rings (SSSR count). The molecule has 2 aromatic rings. The molecule has 0 spiro atoms. The summed E-state index contributed by atoms with van der Waals surface area (Å²) in [7, 11) is 0. The Labute approximate surface area is 117 Å². The van der Waals surface area contributed by atoms with E-state index in [4.69, 9.17) is 0 Å². The Morgan fingerprint density at radius 1 is 1.20 bits per heavy atom. The molecular formula is C15H18N2O3. The summed E-state index contributed by atoms with van der Waals surface area (Å²) in [5.74, 6) is 0. The number of fused-ring (bicyclic) bond motifs is 1. The molecule has 20 heavy (non-hydrogen) atoms. The van der Waals surface area contributed by atoms with Crippen LogP contribution in [0.2, 0.25) is 0 Å². The van der Waals surface area contributed by atoms with E-state index in [2.05, 4.69) is 4.98 Å². The number of hydrogen-bond donors (Lipinski definition) is 3. The van der Waals surface area contributed by atoms with Gasteiger partial charge < -0.3 is 15.3 Å². The number of hydrogen-bond acceptors (Lipinski definition) is 5. The monoisotopic (exact) mass is 274 g/mol. The summed E-state index contributed by atoms with van der Waals surface area (Å²) in [5, 5.41) is 30.0. The van der Waals surface area contributed by atoms with Crippen LogP contribution in [0.5, 0.6) is 0 Å². The maximum Gasteiger partial charge on any atom is 0.0988 e. The molecule has 106 valence electrons. The maximum atomic E-state index is 9.85. The minimum absolute atomic E-state index is 0.170. The Balaban J connectivity index is 1.90. The highest BCUT2D eigenvalue weighted by Gasteiger charge is 2.39. The van der Waals surface area contributed by atoms with Crippen molar-refractivity contribution in [2.75, 3.05) is 13.2 Å². The number of aliphatic hydroxyl groups is 3. The minimum atomic E-state index is -0.900. The molecule has 0 saturated carbocycles. The fourth-order valence-electron chi connectivity index (χ4n) is 2.88. The standard InChI is InChI=1S/C15H18N2O3/c18-9-12-15(20)13(19)8-17(12)7-11-4-1-3-10-5-2-6-16-14(10)11/h1-6,12-13,15,18-20H,7-9H2/t12-,13+,15-/m1/s1. The first kappa shape index (κ1) is 13.5. The van der Waals surface area contributed by atoms with E-state index >= 15 is 0 Å². The minimum Gasteiger partial charge on any atom is -0.395 e. The fourth-order valence-corrected chi connectivity index (χ4v) is 2.88. The second kappa shape index (κ2) is 5.46. The molecule has 1 aromatic heterocycles. The summed E-state index contributed by atoms with van der Waals surface area (Å²) in [6, 6.07) is 9.43. The van der Waals surface area contributed by atoms with Gasteiger partial charge in [-0.2, -0.15) is 0 Å². The molecule has 1 aliphatic rings. The van der Waals surface area contributed by atoms with Crippen molar-refractivity contribution in [2.45, 2.75) is 24.8 Å². The maximum absolute atomic E-state index is 9.85. The molecular weight excluding hydrogens is 256 g/mol. The Morgan fingerprint density at radius 2 is 2.00 bits per heavy atom. The van der Waals surface area contributed by atoms with Crippen molar-refractivity contribution in [1.29, 1.82) is 0 Å². The van der Waals surface area contributed by atoms with Gasteiger partial charge in [0, 0.05) is 24.7 Å². The summed E-state index contributed by atoms with van der Waals surface area (Å²) >= 11 is 0. The molecule has 5 heteroatoms. The first-order chi connectivity index (χ1) is 9.70. The average Bonchev–Trinajstić information content (AvgIpc) is 2.74. The first-order valence-corrected chi connectivity index (χ1v) is 6.74. The molecule has 0 radical (unpaired) electrons. The lowest BCUT2D eigenvalue weighted by Crippen LogP contribution is -2.38. The molecule has 2 heterocycles. The normalized spacial score (nSPS) is 27.2. The van der Waals surface area contributed by atoms with E-state index in [9.17, 15) is 15.3 Å². The van der Waals surface area contributed by atoms with Gasteiger partial charge in [0.1, 0.15) is 0 Å². The first-order valence-electron chi connectivity index (χ1n) is 6.74. The van der Waals surface area contributed by atoms with Crippen LogP contribution < -0.4 is 0 Å². The number of likely N-dealkylation sites (tertiary alicyclic amines) is 1. The lowest BCUT2D eigenvalue weighted by atomic mass is 10.1. The van der Waals surface area contributed by atoms with Gasteiger partial charge in [0.15, 0.2) is 0 Å². The van der Waals surface area contributed by atoms with E-state index in [-0.39, 0.29) is 6.61 Å². The lowest BCUT2D eigenvalue weighted by molar-refractivity contribution is 0.0210. The van der Waals surface area contributed by atoms with Gasteiger partial charge >= 0.3 is 0 Å². The van der Waals surface area contributed by atoms with E-state index in [1.165, 1.54) is 0 Å². The van der Waals surface area contributed by atoms with Crippen LogP contribution in [0.15, 0.2) is 36.5 Å². The Kier molecular flexibility index (Phi) is 3.67. The van der Waals surface area contributed by atoms with Crippen molar-refractivity contribution in [1.82, 2.24) is 9.88 Å². The number of para-hydroxylation sites is 1. The van der Waals surface area contributed by atoms with E-state index in [1.54, 1.807) is 6.20 Å². The van der Waals surface area contributed by atoms with Crippen LogP contribution in [0.1, 0.15) is 5.56 Å². The number of rotatable bonds is 3. The van der Waals surface area contributed by atoms with Crippen LogP contribution in [0, 0.1) is 0 Å². The Bertz CT molecular complexity index is 599. The van der Waals surface area contributed by atoms with E-state index in [1.807, 2.05) is 35.2 Å². The Hall–Kier alpha value is -1.53. The molecule has 0 bridgehead atoms. The van der Waals surface area contributed by atoms with E-state index in [0.29, 0.717) is 13.1 Å². The molecule has 0 aliphatic carbocycles. The number of β-amino-alcohol motifs (C(OH)–C–C–N with tert-alkyl or cyclic N) is 1. The third-order valence-corrected chi connectivity index (χ3v) is 3.96. The SMILES string of the molecule is OC[C@@H]1[C@@H](O)[C@@H](O)CN1Cc1cccc2cccnc12. The average molecular weight is 274 g/mol. The van der Waals surface area contributed by atoms with Gasteiger partial charge in [0.2, 0.25) is 0 Å². The van der Waals surface area contributed by atoms with Crippen molar-refractivity contribution >= 4 is 10.9 Å². The quantitative estimate of drug-likeness (QED) is 0.742. The lowest BCUT2D eigenvalue weighted by Gasteiger charge is -2.24. The van der Waals surface area contributed by atoms with Crippen LogP contribution in [-0.2, 0) is 6.54 Å². The zero-order valence-electron chi connectivity index (χ0n) is 11.1.